The van der Waals surface area contributed by atoms with Crippen molar-refractivity contribution >= 4 is 0 Å². The van der Waals surface area contributed by atoms with E-state index in [-0.39, 0.29) is 0 Å². The number of unbranched alkanes of at least 4 members (excludes halogenated alkanes) is 6. The van der Waals surface area contributed by atoms with Crippen LogP contribution in [0.3, 0.4) is 0 Å². The summed E-state index contributed by atoms with van der Waals surface area (Å²) >= 11 is 0. The van der Waals surface area contributed by atoms with Gasteiger partial charge < -0.3 is 5.11 Å². The Labute approximate surface area is 81.3 Å². The summed E-state index contributed by atoms with van der Waals surface area (Å²) in [6.07, 6.45) is 8.48. The summed E-state index contributed by atoms with van der Waals surface area (Å²) in [5.74, 6) is 0. The second-order valence-electron chi connectivity index (χ2n) is 3.72. The molecule has 0 heterocycles. The fourth-order valence-corrected chi connectivity index (χ4v) is 1.41. The summed E-state index contributed by atoms with van der Waals surface area (Å²) in [7, 11) is 0. The zero-order valence-corrected chi connectivity index (χ0v) is 8.77. The topological polar surface area (TPSA) is 20.2 Å². The van der Waals surface area contributed by atoms with E-state index in [2.05, 4.69) is 6.92 Å². The van der Waals surface area contributed by atoms with Crippen LogP contribution >= 0.6 is 0 Å². The van der Waals surface area contributed by atoms with Crippen molar-refractivity contribution in [1.29, 1.82) is 0 Å². The molecule has 0 saturated carbocycles. The van der Waals surface area contributed by atoms with Crippen LogP contribution in [0, 0.1) is 0 Å². The van der Waals surface area contributed by atoms with Crippen LogP contribution in [0.1, 0.15) is 58.3 Å². The summed E-state index contributed by atoms with van der Waals surface area (Å²) in [6.45, 7) is 1.62. The van der Waals surface area contributed by atoms with Gasteiger partial charge in [-0.05, 0) is 6.42 Å². The highest BCUT2D eigenvalue weighted by Gasteiger charge is 2.01. The summed E-state index contributed by atoms with van der Waals surface area (Å²) in [5, 5.41) is 8.92. The summed E-state index contributed by atoms with van der Waals surface area (Å²) in [4.78, 5) is 0. The highest BCUT2D eigenvalue weighted by atomic mass is 19.1. The van der Waals surface area contributed by atoms with Gasteiger partial charge in [-0.15, -0.1) is 0 Å². The molecule has 0 spiro atoms. The lowest BCUT2D eigenvalue weighted by Gasteiger charge is -2.04. The molecule has 1 atom stereocenters. The first-order valence-electron chi connectivity index (χ1n) is 5.55. The second kappa shape index (κ2) is 9.97. The Balaban J connectivity index is 2.91. The molecule has 0 saturated heterocycles. The van der Waals surface area contributed by atoms with Gasteiger partial charge >= 0.3 is 0 Å². The molecule has 0 aromatic carbocycles. The van der Waals surface area contributed by atoms with Crippen LogP contribution in [0.5, 0.6) is 0 Å². The number of hydrogen-bond acceptors (Lipinski definition) is 1. The highest BCUT2D eigenvalue weighted by molar-refractivity contribution is 4.53. The second-order valence-corrected chi connectivity index (χ2v) is 3.72. The van der Waals surface area contributed by atoms with E-state index in [0.29, 0.717) is 6.42 Å². The average Bonchev–Trinajstić information content (AvgIpc) is 2.16. The van der Waals surface area contributed by atoms with Crippen LogP contribution in [0.2, 0.25) is 0 Å². The van der Waals surface area contributed by atoms with Crippen molar-refractivity contribution in [3.05, 3.63) is 0 Å². The molecule has 0 amide bonds. The number of aliphatic hydroxyl groups is 1. The average molecular weight is 190 g/mol. The fraction of sp³-hybridized carbons (Fsp3) is 1.00. The maximum atomic E-state index is 11.8. The van der Waals surface area contributed by atoms with Gasteiger partial charge in [-0.25, -0.2) is 4.39 Å². The van der Waals surface area contributed by atoms with Gasteiger partial charge in [0.05, 0.1) is 6.10 Å². The molecule has 0 aromatic rings. The lowest BCUT2D eigenvalue weighted by molar-refractivity contribution is 0.128. The van der Waals surface area contributed by atoms with Gasteiger partial charge in [0.1, 0.15) is 6.67 Å². The molecular weight excluding hydrogens is 167 g/mol. The Bertz CT molecular complexity index is 96.1. The largest absolute Gasteiger partial charge is 0.390 e. The van der Waals surface area contributed by atoms with Gasteiger partial charge in [-0.3, -0.25) is 0 Å². The van der Waals surface area contributed by atoms with Crippen molar-refractivity contribution in [2.24, 2.45) is 0 Å². The van der Waals surface area contributed by atoms with E-state index in [9.17, 15) is 4.39 Å². The van der Waals surface area contributed by atoms with E-state index in [4.69, 9.17) is 5.11 Å². The predicted molar refractivity (Wildman–Crippen MR) is 54.6 cm³/mol. The van der Waals surface area contributed by atoms with Crippen LogP contribution in [0.4, 0.5) is 4.39 Å². The van der Waals surface area contributed by atoms with E-state index >= 15 is 0 Å². The molecule has 0 aromatic heterocycles. The minimum Gasteiger partial charge on any atom is -0.390 e. The van der Waals surface area contributed by atoms with Crippen molar-refractivity contribution < 1.29 is 9.50 Å². The molecule has 13 heavy (non-hydrogen) atoms. The molecule has 80 valence electrons. The molecule has 1 N–H and O–H groups in total. The zero-order chi connectivity index (χ0) is 9.94. The van der Waals surface area contributed by atoms with E-state index in [1.807, 2.05) is 0 Å². The number of aliphatic hydroxyl groups excluding tert-OH is 1. The Morgan fingerprint density at radius 2 is 1.54 bits per heavy atom. The highest BCUT2D eigenvalue weighted by Crippen LogP contribution is 2.09. The summed E-state index contributed by atoms with van der Waals surface area (Å²) in [5.41, 5.74) is 0. The number of rotatable bonds is 9. The van der Waals surface area contributed by atoms with Gasteiger partial charge in [-0.2, -0.15) is 0 Å². The summed E-state index contributed by atoms with van der Waals surface area (Å²) in [6, 6.07) is 0. The van der Waals surface area contributed by atoms with Crippen molar-refractivity contribution in [2.45, 2.75) is 64.4 Å². The van der Waals surface area contributed by atoms with Gasteiger partial charge in [0.2, 0.25) is 0 Å². The quantitative estimate of drug-likeness (QED) is 0.552. The maximum absolute atomic E-state index is 11.8. The molecular formula is C11H23FO. The Kier molecular flexibility index (Phi) is 9.89. The first-order valence-corrected chi connectivity index (χ1v) is 5.55. The molecule has 0 fully saturated rings. The Hall–Kier alpha value is -0.110. The lowest BCUT2D eigenvalue weighted by atomic mass is 10.1. The molecule has 2 heteroatoms. The van der Waals surface area contributed by atoms with E-state index in [1.54, 1.807) is 0 Å². The standard InChI is InChI=1S/C11H23FO/c1-2-3-4-5-6-7-8-9-11(13)10-12/h11,13H,2-10H2,1H3. The third kappa shape index (κ3) is 9.81. The van der Waals surface area contributed by atoms with Crippen LogP contribution in [-0.2, 0) is 0 Å². The molecule has 1 nitrogen and oxygen atoms in total. The smallest absolute Gasteiger partial charge is 0.115 e. The Morgan fingerprint density at radius 3 is 2.08 bits per heavy atom. The van der Waals surface area contributed by atoms with Crippen molar-refractivity contribution in [3.63, 3.8) is 0 Å². The van der Waals surface area contributed by atoms with Crippen LogP contribution in [0.15, 0.2) is 0 Å². The zero-order valence-electron chi connectivity index (χ0n) is 8.77. The van der Waals surface area contributed by atoms with Crippen LogP contribution in [-0.4, -0.2) is 17.9 Å². The SMILES string of the molecule is CCCCCCCCCC(O)CF. The van der Waals surface area contributed by atoms with E-state index in [1.165, 1.54) is 32.1 Å². The molecule has 0 bridgehead atoms. The minimum absolute atomic E-state index is 0.587. The predicted octanol–water partition coefficient (Wildman–Crippen LogP) is 3.46. The normalized spacial score (nSPS) is 13.2. The Morgan fingerprint density at radius 1 is 1.00 bits per heavy atom. The molecule has 0 aliphatic rings. The molecule has 1 unspecified atom stereocenters. The minimum atomic E-state index is -0.712. The van der Waals surface area contributed by atoms with E-state index in [0.717, 1.165) is 12.8 Å². The first-order chi connectivity index (χ1) is 6.31. The number of hydrogen-bond donors (Lipinski definition) is 1. The van der Waals surface area contributed by atoms with Gasteiger partial charge in [0, 0.05) is 0 Å². The molecule has 0 radical (unpaired) electrons. The van der Waals surface area contributed by atoms with Crippen molar-refractivity contribution in [3.8, 4) is 0 Å². The third-order valence-electron chi connectivity index (χ3n) is 2.32. The van der Waals surface area contributed by atoms with Crippen molar-refractivity contribution in [2.75, 3.05) is 6.67 Å². The van der Waals surface area contributed by atoms with E-state index < -0.39 is 12.8 Å². The summed E-state index contributed by atoms with van der Waals surface area (Å²) < 4.78 is 11.8. The van der Waals surface area contributed by atoms with Gasteiger partial charge in [-0.1, -0.05) is 51.9 Å². The fourth-order valence-electron chi connectivity index (χ4n) is 1.41. The first kappa shape index (κ1) is 12.9. The van der Waals surface area contributed by atoms with Gasteiger partial charge in [0.15, 0.2) is 0 Å². The van der Waals surface area contributed by atoms with Crippen LogP contribution < -0.4 is 0 Å². The monoisotopic (exact) mass is 190 g/mol. The maximum Gasteiger partial charge on any atom is 0.115 e. The molecule has 0 aliphatic heterocycles. The number of alkyl halides is 1. The lowest BCUT2D eigenvalue weighted by Crippen LogP contribution is -2.07. The molecule has 0 rings (SSSR count). The third-order valence-corrected chi connectivity index (χ3v) is 2.32. The molecule has 0 aliphatic carbocycles. The van der Waals surface area contributed by atoms with Crippen LogP contribution in [0.25, 0.3) is 0 Å². The number of halogens is 1. The van der Waals surface area contributed by atoms with Crippen molar-refractivity contribution in [1.82, 2.24) is 0 Å². The van der Waals surface area contributed by atoms with Gasteiger partial charge in [0.25, 0.3) is 0 Å².